The summed E-state index contributed by atoms with van der Waals surface area (Å²) in [6, 6.07) is 7.81. The highest BCUT2D eigenvalue weighted by molar-refractivity contribution is 6.05. The second kappa shape index (κ2) is 6.84. The van der Waals surface area contributed by atoms with Gasteiger partial charge in [-0.3, -0.25) is 9.78 Å². The van der Waals surface area contributed by atoms with Crippen molar-refractivity contribution < 1.29 is 4.74 Å². The molecule has 2 heterocycles. The lowest BCUT2D eigenvalue weighted by atomic mass is 10.1. The molecule has 0 unspecified atom stereocenters. The molecule has 5 nitrogen and oxygen atoms in total. The molecule has 0 radical (unpaired) electrons. The molecule has 0 spiro atoms. The van der Waals surface area contributed by atoms with Crippen molar-refractivity contribution in [3.63, 3.8) is 0 Å². The van der Waals surface area contributed by atoms with E-state index in [0.717, 1.165) is 34.2 Å². The first-order valence-electron chi connectivity index (χ1n) is 8.64. The van der Waals surface area contributed by atoms with E-state index in [1.165, 1.54) is 0 Å². The third kappa shape index (κ3) is 3.51. The molecule has 25 heavy (non-hydrogen) atoms. The maximum atomic E-state index is 12.6. The van der Waals surface area contributed by atoms with E-state index in [-0.39, 0.29) is 11.6 Å². The quantitative estimate of drug-likeness (QED) is 0.725. The molecule has 0 amide bonds. The molecule has 2 N–H and O–H groups in total. The van der Waals surface area contributed by atoms with Crippen LogP contribution in [0.4, 0.5) is 0 Å². The zero-order valence-corrected chi connectivity index (χ0v) is 15.2. The smallest absolute Gasteiger partial charge is 0.260 e. The molecular weight excluding hydrogens is 314 g/mol. The third-order valence-corrected chi connectivity index (χ3v) is 4.43. The van der Waals surface area contributed by atoms with Crippen LogP contribution in [-0.2, 0) is 7.05 Å². The Hall–Kier alpha value is -2.40. The molecule has 5 heteroatoms. The van der Waals surface area contributed by atoms with Gasteiger partial charge in [0.25, 0.3) is 5.56 Å². The lowest BCUT2D eigenvalue weighted by molar-refractivity contribution is 0.271. The number of fused-ring (bicyclic) bond motifs is 3. The first-order valence-corrected chi connectivity index (χ1v) is 8.64. The molecule has 1 aromatic carbocycles. The van der Waals surface area contributed by atoms with Gasteiger partial charge in [0.05, 0.1) is 10.9 Å². The van der Waals surface area contributed by atoms with Gasteiger partial charge in [0.1, 0.15) is 12.4 Å². The number of nitrogens with two attached hydrogens (primary N) is 1. The summed E-state index contributed by atoms with van der Waals surface area (Å²) in [5.74, 6) is 1.27. The van der Waals surface area contributed by atoms with Gasteiger partial charge in [-0.25, -0.2) is 0 Å². The largest absolute Gasteiger partial charge is 0.492 e. The van der Waals surface area contributed by atoms with Crippen LogP contribution >= 0.6 is 0 Å². The fourth-order valence-corrected chi connectivity index (χ4v) is 3.23. The topological polar surface area (TPSA) is 70.1 Å². The molecule has 3 rings (SSSR count). The van der Waals surface area contributed by atoms with Crippen molar-refractivity contribution in [1.29, 1.82) is 0 Å². The maximum Gasteiger partial charge on any atom is 0.260 e. The highest BCUT2D eigenvalue weighted by Gasteiger charge is 2.11. The van der Waals surface area contributed by atoms with Crippen LogP contribution in [0.3, 0.4) is 0 Å². The van der Waals surface area contributed by atoms with E-state index in [1.807, 2.05) is 31.2 Å². The second-order valence-electron chi connectivity index (χ2n) is 7.12. The molecule has 1 atom stereocenters. The number of aryl methyl sites for hydroxylation is 2. The van der Waals surface area contributed by atoms with E-state index in [2.05, 4.69) is 18.8 Å². The Morgan fingerprint density at radius 1 is 1.20 bits per heavy atom. The van der Waals surface area contributed by atoms with Crippen molar-refractivity contribution in [2.45, 2.75) is 33.2 Å². The van der Waals surface area contributed by atoms with Gasteiger partial charge in [0.15, 0.2) is 0 Å². The van der Waals surface area contributed by atoms with Crippen LogP contribution in [-0.4, -0.2) is 22.2 Å². The summed E-state index contributed by atoms with van der Waals surface area (Å²) in [6.07, 6.45) is 2.57. The van der Waals surface area contributed by atoms with E-state index in [0.29, 0.717) is 17.9 Å². The molecule has 0 aliphatic rings. The van der Waals surface area contributed by atoms with Crippen LogP contribution in [0.15, 0.2) is 35.3 Å². The van der Waals surface area contributed by atoms with Crippen LogP contribution in [0.1, 0.15) is 26.0 Å². The summed E-state index contributed by atoms with van der Waals surface area (Å²) in [7, 11) is 1.78. The van der Waals surface area contributed by atoms with Crippen molar-refractivity contribution in [1.82, 2.24) is 9.55 Å². The van der Waals surface area contributed by atoms with Crippen molar-refractivity contribution >= 4 is 21.7 Å². The lowest BCUT2D eigenvalue weighted by Gasteiger charge is -2.16. The normalized spacial score (nSPS) is 12.9. The summed E-state index contributed by atoms with van der Waals surface area (Å²) in [5, 5.41) is 2.57. The SMILES string of the molecule is Cc1cc2c(cn1)c(=O)n(C)c1cc(OC[C@@H](N)CC(C)C)ccc21. The van der Waals surface area contributed by atoms with Crippen molar-refractivity contribution in [3.8, 4) is 5.75 Å². The first kappa shape index (κ1) is 17.4. The van der Waals surface area contributed by atoms with Gasteiger partial charge in [-0.15, -0.1) is 0 Å². The first-order chi connectivity index (χ1) is 11.9. The van der Waals surface area contributed by atoms with E-state index in [9.17, 15) is 4.79 Å². The fourth-order valence-electron chi connectivity index (χ4n) is 3.23. The Morgan fingerprint density at radius 3 is 2.68 bits per heavy atom. The van der Waals surface area contributed by atoms with Gasteiger partial charge in [0, 0.05) is 36.4 Å². The van der Waals surface area contributed by atoms with Crippen LogP contribution in [0.25, 0.3) is 21.7 Å². The van der Waals surface area contributed by atoms with Gasteiger partial charge in [-0.1, -0.05) is 13.8 Å². The Labute approximate surface area is 147 Å². The maximum absolute atomic E-state index is 12.6. The van der Waals surface area contributed by atoms with E-state index in [1.54, 1.807) is 17.8 Å². The molecular formula is C20H25N3O2. The number of nitrogens with zero attached hydrogens (tertiary/aromatic N) is 2. The lowest BCUT2D eigenvalue weighted by Crippen LogP contribution is -2.29. The van der Waals surface area contributed by atoms with E-state index in [4.69, 9.17) is 10.5 Å². The Balaban J connectivity index is 2.02. The number of hydrogen-bond acceptors (Lipinski definition) is 4. The van der Waals surface area contributed by atoms with Crippen molar-refractivity contribution in [2.24, 2.45) is 18.7 Å². The average Bonchev–Trinajstić information content (AvgIpc) is 2.57. The molecule has 0 saturated heterocycles. The zero-order valence-electron chi connectivity index (χ0n) is 15.2. The van der Waals surface area contributed by atoms with Crippen molar-refractivity contribution in [2.75, 3.05) is 6.61 Å². The number of aromatic nitrogens is 2. The molecule has 2 aromatic heterocycles. The molecule has 132 valence electrons. The van der Waals surface area contributed by atoms with E-state index < -0.39 is 0 Å². The standard InChI is InChI=1S/C20H25N3O2/c1-12(2)7-14(21)11-25-15-5-6-16-17-8-13(3)22-10-18(17)20(24)23(4)19(16)9-15/h5-6,8-10,12,14H,7,11,21H2,1-4H3/t14-/m0/s1. The number of benzene rings is 1. The minimum absolute atomic E-state index is 0.00449. The average molecular weight is 339 g/mol. The highest BCUT2D eigenvalue weighted by Crippen LogP contribution is 2.26. The molecule has 0 fully saturated rings. The molecule has 0 saturated carbocycles. The summed E-state index contributed by atoms with van der Waals surface area (Å²) < 4.78 is 7.50. The summed E-state index contributed by atoms with van der Waals surface area (Å²) >= 11 is 0. The predicted molar refractivity (Wildman–Crippen MR) is 102 cm³/mol. The number of ether oxygens (including phenoxy) is 1. The Bertz CT molecular complexity index is 976. The molecule has 0 aliphatic heterocycles. The van der Waals surface area contributed by atoms with E-state index >= 15 is 0 Å². The van der Waals surface area contributed by atoms with Gasteiger partial charge in [0.2, 0.25) is 0 Å². The van der Waals surface area contributed by atoms with Gasteiger partial charge in [-0.2, -0.15) is 0 Å². The second-order valence-corrected chi connectivity index (χ2v) is 7.12. The minimum Gasteiger partial charge on any atom is -0.492 e. The fraction of sp³-hybridized carbons (Fsp3) is 0.400. The summed E-state index contributed by atoms with van der Waals surface area (Å²) in [4.78, 5) is 16.9. The van der Waals surface area contributed by atoms with Gasteiger partial charge < -0.3 is 15.0 Å². The number of hydrogen-bond donors (Lipinski definition) is 1. The monoisotopic (exact) mass is 339 g/mol. The molecule has 0 aliphatic carbocycles. The molecule has 0 bridgehead atoms. The zero-order chi connectivity index (χ0) is 18.1. The Morgan fingerprint density at radius 2 is 1.96 bits per heavy atom. The summed E-state index contributed by atoms with van der Waals surface area (Å²) in [6.45, 7) is 6.69. The van der Waals surface area contributed by atoms with Crippen LogP contribution < -0.4 is 16.0 Å². The van der Waals surface area contributed by atoms with Gasteiger partial charge in [-0.05, 0) is 42.8 Å². The van der Waals surface area contributed by atoms with Crippen LogP contribution in [0.5, 0.6) is 5.75 Å². The number of pyridine rings is 2. The minimum atomic E-state index is -0.0522. The number of rotatable bonds is 5. The summed E-state index contributed by atoms with van der Waals surface area (Å²) in [5.41, 5.74) is 7.78. The third-order valence-electron chi connectivity index (χ3n) is 4.43. The van der Waals surface area contributed by atoms with Crippen LogP contribution in [0, 0.1) is 12.8 Å². The predicted octanol–water partition coefficient (Wildman–Crippen LogP) is 3.15. The Kier molecular flexibility index (Phi) is 4.77. The molecule has 3 aromatic rings. The highest BCUT2D eigenvalue weighted by atomic mass is 16.5. The van der Waals surface area contributed by atoms with Crippen LogP contribution in [0.2, 0.25) is 0 Å². The van der Waals surface area contributed by atoms with Gasteiger partial charge >= 0.3 is 0 Å². The van der Waals surface area contributed by atoms with Crippen molar-refractivity contribution in [3.05, 3.63) is 46.5 Å².